The van der Waals surface area contributed by atoms with Crippen LogP contribution in [0.25, 0.3) is 0 Å². The van der Waals surface area contributed by atoms with Crippen molar-refractivity contribution in [2.24, 2.45) is 0 Å². The van der Waals surface area contributed by atoms with Crippen LogP contribution in [-0.4, -0.2) is 30.1 Å². The smallest absolute Gasteiger partial charge is 0.325 e. The Balaban J connectivity index is 1.48. The zero-order valence-electron chi connectivity index (χ0n) is 14.3. The lowest BCUT2D eigenvalue weighted by Gasteiger charge is -2.18. The van der Waals surface area contributed by atoms with E-state index in [1.807, 2.05) is 24.3 Å². The number of hydrazine groups is 1. The molecular formula is C18H24BrN3O3. The van der Waals surface area contributed by atoms with Gasteiger partial charge in [0.1, 0.15) is 6.04 Å². The van der Waals surface area contributed by atoms with Crippen molar-refractivity contribution in [3.63, 3.8) is 0 Å². The van der Waals surface area contributed by atoms with Gasteiger partial charge in [-0.3, -0.25) is 9.59 Å². The van der Waals surface area contributed by atoms with E-state index in [2.05, 4.69) is 32.1 Å². The van der Waals surface area contributed by atoms with Crippen molar-refractivity contribution in [1.29, 1.82) is 0 Å². The van der Waals surface area contributed by atoms with Crippen LogP contribution in [0.1, 0.15) is 50.6 Å². The molecular weight excluding hydrogens is 386 g/mol. The van der Waals surface area contributed by atoms with Gasteiger partial charge < -0.3 is 10.1 Å². The van der Waals surface area contributed by atoms with Crippen LogP contribution >= 0.6 is 15.9 Å². The lowest BCUT2D eigenvalue weighted by molar-refractivity contribution is -0.156. The van der Waals surface area contributed by atoms with Crippen LogP contribution in [0, 0.1) is 0 Å². The average Bonchev–Trinajstić information content (AvgIpc) is 3.27. The number of rotatable bonds is 5. The summed E-state index contributed by atoms with van der Waals surface area (Å²) in [6, 6.07) is 7.75. The molecule has 2 aliphatic rings. The molecule has 1 aliphatic heterocycles. The first kappa shape index (κ1) is 18.4. The SMILES string of the molecule is CC(OC(=O)C1CC(c2ccc(Br)cc2)NN1)C(=O)NC1CCCC1. The van der Waals surface area contributed by atoms with Gasteiger partial charge in [0.25, 0.3) is 5.91 Å². The van der Waals surface area contributed by atoms with Crippen LogP contribution in [-0.2, 0) is 14.3 Å². The van der Waals surface area contributed by atoms with E-state index in [9.17, 15) is 9.59 Å². The number of halogens is 1. The fourth-order valence-electron chi connectivity index (χ4n) is 3.32. The van der Waals surface area contributed by atoms with E-state index >= 15 is 0 Å². The molecule has 0 aromatic heterocycles. The lowest BCUT2D eigenvalue weighted by Crippen LogP contribution is -2.44. The van der Waals surface area contributed by atoms with Gasteiger partial charge in [0.15, 0.2) is 6.10 Å². The molecule has 6 nitrogen and oxygen atoms in total. The largest absolute Gasteiger partial charge is 0.451 e. The Morgan fingerprint density at radius 1 is 1.20 bits per heavy atom. The second-order valence-corrected chi connectivity index (χ2v) is 7.67. The molecule has 2 fully saturated rings. The van der Waals surface area contributed by atoms with Crippen molar-refractivity contribution in [3.05, 3.63) is 34.3 Å². The van der Waals surface area contributed by atoms with Crippen LogP contribution < -0.4 is 16.2 Å². The maximum absolute atomic E-state index is 12.3. The summed E-state index contributed by atoms with van der Waals surface area (Å²) < 4.78 is 6.36. The van der Waals surface area contributed by atoms with Gasteiger partial charge in [-0.05, 0) is 43.9 Å². The minimum absolute atomic E-state index is 0.0354. The number of esters is 1. The van der Waals surface area contributed by atoms with E-state index in [1.54, 1.807) is 6.92 Å². The fraction of sp³-hybridized carbons (Fsp3) is 0.556. The molecule has 136 valence electrons. The molecule has 0 bridgehead atoms. The number of nitrogens with one attached hydrogen (secondary N) is 3. The third-order valence-corrected chi connectivity index (χ3v) is 5.35. The second-order valence-electron chi connectivity index (χ2n) is 6.75. The first-order chi connectivity index (χ1) is 12.0. The number of carbonyl (C=O) groups is 2. The molecule has 1 heterocycles. The van der Waals surface area contributed by atoms with Gasteiger partial charge in [-0.2, -0.15) is 0 Å². The molecule has 25 heavy (non-hydrogen) atoms. The normalized spacial score (nSPS) is 24.9. The molecule has 1 aromatic rings. The summed E-state index contributed by atoms with van der Waals surface area (Å²) in [5.41, 5.74) is 7.18. The summed E-state index contributed by atoms with van der Waals surface area (Å²) in [4.78, 5) is 24.5. The first-order valence-electron chi connectivity index (χ1n) is 8.80. The highest BCUT2D eigenvalue weighted by Crippen LogP contribution is 2.24. The summed E-state index contributed by atoms with van der Waals surface area (Å²) in [5.74, 6) is -0.614. The Bertz CT molecular complexity index is 616. The molecule has 3 N–H and O–H groups in total. The second kappa shape index (κ2) is 8.29. The molecule has 0 spiro atoms. The summed E-state index contributed by atoms with van der Waals surface area (Å²) in [7, 11) is 0. The van der Waals surface area contributed by atoms with Gasteiger partial charge in [-0.15, -0.1) is 0 Å². The number of hydrogen-bond acceptors (Lipinski definition) is 5. The molecule has 1 aliphatic carbocycles. The van der Waals surface area contributed by atoms with Gasteiger partial charge in [0.2, 0.25) is 0 Å². The molecule has 1 amide bonds. The van der Waals surface area contributed by atoms with Gasteiger partial charge in [0, 0.05) is 16.6 Å². The highest BCUT2D eigenvalue weighted by atomic mass is 79.9. The van der Waals surface area contributed by atoms with Crippen LogP contribution in [0.15, 0.2) is 28.7 Å². The molecule has 7 heteroatoms. The van der Waals surface area contributed by atoms with Crippen molar-refractivity contribution >= 4 is 27.8 Å². The minimum atomic E-state index is -0.776. The molecule has 1 aromatic carbocycles. The summed E-state index contributed by atoms with van der Waals surface area (Å²) in [5, 5.41) is 2.96. The zero-order valence-corrected chi connectivity index (χ0v) is 15.8. The number of ether oxygens (including phenoxy) is 1. The Labute approximate surface area is 156 Å². The highest BCUT2D eigenvalue weighted by Gasteiger charge is 2.33. The van der Waals surface area contributed by atoms with E-state index < -0.39 is 18.1 Å². The molecule has 3 rings (SSSR count). The lowest BCUT2D eigenvalue weighted by atomic mass is 10.0. The quantitative estimate of drug-likeness (QED) is 0.650. The Hall–Kier alpha value is -1.44. The van der Waals surface area contributed by atoms with E-state index in [1.165, 1.54) is 0 Å². The van der Waals surface area contributed by atoms with E-state index in [4.69, 9.17) is 4.74 Å². The minimum Gasteiger partial charge on any atom is -0.451 e. The standard InChI is InChI=1S/C18H24BrN3O3/c1-11(17(23)20-14-4-2-3-5-14)25-18(24)16-10-15(21-22-16)12-6-8-13(19)9-7-12/h6-9,11,14-16,21-22H,2-5,10H2,1H3,(H,20,23). The van der Waals surface area contributed by atoms with Gasteiger partial charge in [-0.25, -0.2) is 10.9 Å². The summed E-state index contributed by atoms with van der Waals surface area (Å²) in [6.45, 7) is 1.62. The zero-order chi connectivity index (χ0) is 17.8. The molecule has 3 atom stereocenters. The highest BCUT2D eigenvalue weighted by molar-refractivity contribution is 9.10. The van der Waals surface area contributed by atoms with Crippen molar-refractivity contribution < 1.29 is 14.3 Å². The van der Waals surface area contributed by atoms with E-state index in [-0.39, 0.29) is 18.0 Å². The van der Waals surface area contributed by atoms with E-state index in [0.29, 0.717) is 6.42 Å². The maximum atomic E-state index is 12.3. The first-order valence-corrected chi connectivity index (χ1v) is 9.59. The topological polar surface area (TPSA) is 79.5 Å². The number of amides is 1. The average molecular weight is 410 g/mol. The Morgan fingerprint density at radius 3 is 2.56 bits per heavy atom. The van der Waals surface area contributed by atoms with Crippen molar-refractivity contribution in [1.82, 2.24) is 16.2 Å². The number of carbonyl (C=O) groups excluding carboxylic acids is 2. The third-order valence-electron chi connectivity index (χ3n) is 4.82. The number of benzene rings is 1. The summed E-state index contributed by atoms with van der Waals surface area (Å²) >= 11 is 3.41. The molecule has 0 radical (unpaired) electrons. The Kier molecular flexibility index (Phi) is 6.09. The predicted molar refractivity (Wildman–Crippen MR) is 97.5 cm³/mol. The monoisotopic (exact) mass is 409 g/mol. The number of hydrogen-bond donors (Lipinski definition) is 3. The fourth-order valence-corrected chi connectivity index (χ4v) is 3.59. The van der Waals surface area contributed by atoms with Gasteiger partial charge in [-0.1, -0.05) is 40.9 Å². The van der Waals surface area contributed by atoms with Crippen LogP contribution in [0.4, 0.5) is 0 Å². The van der Waals surface area contributed by atoms with Crippen molar-refractivity contribution in [2.45, 2.75) is 63.3 Å². The molecule has 3 unspecified atom stereocenters. The van der Waals surface area contributed by atoms with E-state index in [0.717, 1.165) is 35.7 Å². The van der Waals surface area contributed by atoms with Crippen LogP contribution in [0.2, 0.25) is 0 Å². The van der Waals surface area contributed by atoms with Gasteiger partial charge in [0.05, 0.1) is 0 Å². The van der Waals surface area contributed by atoms with Crippen LogP contribution in [0.5, 0.6) is 0 Å². The predicted octanol–water partition coefficient (Wildman–Crippen LogP) is 2.35. The van der Waals surface area contributed by atoms with Crippen LogP contribution in [0.3, 0.4) is 0 Å². The molecule has 1 saturated heterocycles. The van der Waals surface area contributed by atoms with Gasteiger partial charge >= 0.3 is 5.97 Å². The van der Waals surface area contributed by atoms with Crippen molar-refractivity contribution in [3.8, 4) is 0 Å². The third kappa shape index (κ3) is 4.80. The van der Waals surface area contributed by atoms with Crippen molar-refractivity contribution in [2.75, 3.05) is 0 Å². The maximum Gasteiger partial charge on any atom is 0.325 e. The summed E-state index contributed by atoms with van der Waals surface area (Å²) in [6.07, 6.45) is 4.12. The molecule has 1 saturated carbocycles. The Morgan fingerprint density at radius 2 is 1.88 bits per heavy atom.